The summed E-state index contributed by atoms with van der Waals surface area (Å²) in [4.78, 5) is 3.51. The fraction of sp³-hybridized carbons (Fsp3) is 0.421. The number of thiocarbonyl (C=S) groups is 1. The Morgan fingerprint density at radius 2 is 2.12 bits per heavy atom. The summed E-state index contributed by atoms with van der Waals surface area (Å²) in [5.41, 5.74) is 3.63. The van der Waals surface area contributed by atoms with Crippen LogP contribution in [-0.4, -0.2) is 30.3 Å². The standard InChI is InChI=1S/C19H26N2OS2/c1-5-16-9-6-8-14(2)18(16)20-19(23)21(11-12-22-4)15(3)17-10-7-13-24-17/h6-10,13,15H,5,11-12H2,1-4H3,(H,20,23)/t15-/m1/s1. The highest BCUT2D eigenvalue weighted by Crippen LogP contribution is 2.27. The molecular weight excluding hydrogens is 336 g/mol. The topological polar surface area (TPSA) is 24.5 Å². The number of nitrogens with one attached hydrogen (secondary N) is 1. The SMILES string of the molecule is CCc1cccc(C)c1NC(=S)N(CCOC)[C@H](C)c1cccs1. The van der Waals surface area contributed by atoms with Gasteiger partial charge in [0, 0.05) is 24.2 Å². The second kappa shape index (κ2) is 9.16. The fourth-order valence-corrected chi connectivity index (χ4v) is 3.87. The van der Waals surface area contributed by atoms with E-state index in [0.717, 1.165) is 23.8 Å². The molecule has 0 saturated heterocycles. The van der Waals surface area contributed by atoms with E-state index in [4.69, 9.17) is 17.0 Å². The van der Waals surface area contributed by atoms with Crippen LogP contribution in [0, 0.1) is 6.92 Å². The van der Waals surface area contributed by atoms with E-state index < -0.39 is 0 Å². The Morgan fingerprint density at radius 1 is 1.33 bits per heavy atom. The van der Waals surface area contributed by atoms with Gasteiger partial charge in [-0.3, -0.25) is 0 Å². The molecule has 1 heterocycles. The number of thiophene rings is 1. The van der Waals surface area contributed by atoms with Gasteiger partial charge in [0.15, 0.2) is 5.11 Å². The quantitative estimate of drug-likeness (QED) is 0.699. The smallest absolute Gasteiger partial charge is 0.174 e. The maximum atomic E-state index is 5.75. The molecule has 0 radical (unpaired) electrons. The van der Waals surface area contributed by atoms with Crippen LogP contribution in [0.25, 0.3) is 0 Å². The largest absolute Gasteiger partial charge is 0.383 e. The van der Waals surface area contributed by atoms with Crippen molar-refractivity contribution in [2.45, 2.75) is 33.2 Å². The number of para-hydroxylation sites is 1. The Balaban J connectivity index is 2.22. The van der Waals surface area contributed by atoms with Gasteiger partial charge >= 0.3 is 0 Å². The molecular formula is C19H26N2OS2. The van der Waals surface area contributed by atoms with Gasteiger partial charge in [0.05, 0.1) is 12.6 Å². The molecule has 130 valence electrons. The first-order chi connectivity index (χ1) is 11.6. The summed E-state index contributed by atoms with van der Waals surface area (Å²) in [5.74, 6) is 0. The van der Waals surface area contributed by atoms with E-state index in [-0.39, 0.29) is 6.04 Å². The summed E-state index contributed by atoms with van der Waals surface area (Å²) < 4.78 is 5.28. The number of ether oxygens (including phenoxy) is 1. The van der Waals surface area contributed by atoms with E-state index in [0.29, 0.717) is 6.61 Å². The van der Waals surface area contributed by atoms with Crippen LogP contribution in [0.15, 0.2) is 35.7 Å². The third-order valence-corrected chi connectivity index (χ3v) is 5.57. The summed E-state index contributed by atoms with van der Waals surface area (Å²) in [6, 6.07) is 10.8. The summed E-state index contributed by atoms with van der Waals surface area (Å²) in [6.07, 6.45) is 0.977. The second-order valence-electron chi connectivity index (χ2n) is 5.77. The second-order valence-corrected chi connectivity index (χ2v) is 7.14. The highest BCUT2D eigenvalue weighted by molar-refractivity contribution is 7.80. The normalized spacial score (nSPS) is 12.0. The minimum atomic E-state index is 0.217. The Kier molecular flexibility index (Phi) is 7.21. The van der Waals surface area contributed by atoms with Crippen molar-refractivity contribution in [3.05, 3.63) is 51.7 Å². The molecule has 1 aromatic carbocycles. The number of nitrogens with zero attached hydrogens (tertiary/aromatic N) is 1. The lowest BCUT2D eigenvalue weighted by Crippen LogP contribution is -2.39. The molecule has 0 fully saturated rings. The van der Waals surface area contributed by atoms with Crippen LogP contribution in [0.3, 0.4) is 0 Å². The maximum absolute atomic E-state index is 5.75. The molecule has 0 amide bonds. The lowest BCUT2D eigenvalue weighted by atomic mass is 10.1. The van der Waals surface area contributed by atoms with E-state index in [1.807, 2.05) is 0 Å². The van der Waals surface area contributed by atoms with Crippen molar-refractivity contribution in [2.24, 2.45) is 0 Å². The number of hydrogen-bond acceptors (Lipinski definition) is 3. The zero-order valence-corrected chi connectivity index (χ0v) is 16.5. The third-order valence-electron chi connectivity index (χ3n) is 4.19. The zero-order chi connectivity index (χ0) is 17.5. The molecule has 0 aliphatic heterocycles. The molecule has 0 bridgehead atoms. The molecule has 3 nitrogen and oxygen atoms in total. The summed E-state index contributed by atoms with van der Waals surface area (Å²) in [7, 11) is 1.72. The van der Waals surface area contributed by atoms with Gasteiger partial charge in [-0.05, 0) is 55.1 Å². The molecule has 0 saturated carbocycles. The molecule has 2 rings (SSSR count). The van der Waals surface area contributed by atoms with Gasteiger partial charge in [-0.15, -0.1) is 11.3 Å². The maximum Gasteiger partial charge on any atom is 0.174 e. The van der Waals surface area contributed by atoms with Crippen LogP contribution in [0.4, 0.5) is 5.69 Å². The average molecular weight is 363 g/mol. The van der Waals surface area contributed by atoms with Gasteiger partial charge in [-0.1, -0.05) is 31.2 Å². The van der Waals surface area contributed by atoms with E-state index in [9.17, 15) is 0 Å². The first-order valence-corrected chi connectivity index (χ1v) is 9.55. The first-order valence-electron chi connectivity index (χ1n) is 8.26. The molecule has 0 aliphatic rings. The molecule has 1 atom stereocenters. The van der Waals surface area contributed by atoms with Crippen LogP contribution in [0.2, 0.25) is 0 Å². The van der Waals surface area contributed by atoms with Gasteiger partial charge in [-0.2, -0.15) is 0 Å². The van der Waals surface area contributed by atoms with Crippen molar-refractivity contribution in [2.75, 3.05) is 25.6 Å². The predicted octanol–water partition coefficient (Wildman–Crippen LogP) is 5.03. The molecule has 24 heavy (non-hydrogen) atoms. The molecule has 0 unspecified atom stereocenters. The van der Waals surface area contributed by atoms with Crippen molar-refractivity contribution in [1.82, 2.24) is 4.90 Å². The average Bonchev–Trinajstić information content (AvgIpc) is 3.11. The molecule has 1 N–H and O–H groups in total. The van der Waals surface area contributed by atoms with Gasteiger partial charge in [0.2, 0.25) is 0 Å². The third kappa shape index (κ3) is 4.56. The van der Waals surface area contributed by atoms with Gasteiger partial charge in [-0.25, -0.2) is 0 Å². The lowest BCUT2D eigenvalue weighted by Gasteiger charge is -2.32. The van der Waals surface area contributed by atoms with Crippen LogP contribution in [-0.2, 0) is 11.2 Å². The highest BCUT2D eigenvalue weighted by atomic mass is 32.1. The number of aryl methyl sites for hydroxylation is 2. The molecule has 5 heteroatoms. The Labute approximate surface area is 154 Å². The van der Waals surface area contributed by atoms with Crippen LogP contribution in [0.5, 0.6) is 0 Å². The fourth-order valence-electron chi connectivity index (χ4n) is 2.72. The van der Waals surface area contributed by atoms with Crippen LogP contribution in [0.1, 0.15) is 35.9 Å². The Bertz CT molecular complexity index is 655. The van der Waals surface area contributed by atoms with E-state index >= 15 is 0 Å². The number of methoxy groups -OCH3 is 1. The molecule has 0 spiro atoms. The predicted molar refractivity (Wildman–Crippen MR) is 108 cm³/mol. The minimum absolute atomic E-state index is 0.217. The number of hydrogen-bond donors (Lipinski definition) is 1. The van der Waals surface area contributed by atoms with Crippen molar-refractivity contribution in [1.29, 1.82) is 0 Å². The van der Waals surface area contributed by atoms with E-state index in [2.05, 4.69) is 66.7 Å². The van der Waals surface area contributed by atoms with Crippen LogP contribution < -0.4 is 5.32 Å². The van der Waals surface area contributed by atoms with Crippen molar-refractivity contribution in [3.63, 3.8) is 0 Å². The molecule has 0 aliphatic carbocycles. The van der Waals surface area contributed by atoms with Crippen molar-refractivity contribution >= 4 is 34.4 Å². The minimum Gasteiger partial charge on any atom is -0.383 e. The van der Waals surface area contributed by atoms with Crippen molar-refractivity contribution < 1.29 is 4.74 Å². The van der Waals surface area contributed by atoms with E-state index in [1.165, 1.54) is 16.0 Å². The lowest BCUT2D eigenvalue weighted by molar-refractivity contribution is 0.166. The first kappa shape index (κ1) is 18.9. The number of anilines is 1. The highest BCUT2D eigenvalue weighted by Gasteiger charge is 2.20. The Hall–Kier alpha value is -1.43. The van der Waals surface area contributed by atoms with Gasteiger partial charge < -0.3 is 15.0 Å². The molecule has 2 aromatic rings. The zero-order valence-electron chi connectivity index (χ0n) is 14.8. The number of benzene rings is 1. The summed E-state index contributed by atoms with van der Waals surface area (Å²) >= 11 is 7.51. The van der Waals surface area contributed by atoms with Crippen molar-refractivity contribution in [3.8, 4) is 0 Å². The van der Waals surface area contributed by atoms with Gasteiger partial charge in [0.25, 0.3) is 0 Å². The monoisotopic (exact) mass is 362 g/mol. The Morgan fingerprint density at radius 3 is 2.75 bits per heavy atom. The summed E-state index contributed by atoms with van der Waals surface area (Å²) in [6.45, 7) is 7.88. The van der Waals surface area contributed by atoms with E-state index in [1.54, 1.807) is 18.4 Å². The van der Waals surface area contributed by atoms with Crippen LogP contribution >= 0.6 is 23.6 Å². The molecule has 1 aromatic heterocycles. The summed E-state index contributed by atoms with van der Waals surface area (Å²) in [5, 5.41) is 6.34. The number of rotatable bonds is 7. The van der Waals surface area contributed by atoms with Gasteiger partial charge in [0.1, 0.15) is 0 Å².